The van der Waals surface area contributed by atoms with Crippen LogP contribution in [0.3, 0.4) is 0 Å². The van der Waals surface area contributed by atoms with Gasteiger partial charge in [0.05, 0.1) is 48.3 Å². The summed E-state index contributed by atoms with van der Waals surface area (Å²) < 4.78 is 90.2. The topological polar surface area (TPSA) is 187 Å². The number of hydrogen-bond acceptors (Lipinski definition) is 12. The zero-order valence-corrected chi connectivity index (χ0v) is 33.8. The number of pyridine rings is 1. The van der Waals surface area contributed by atoms with Crippen molar-refractivity contribution < 1.29 is 50.3 Å². The Morgan fingerprint density at radius 2 is 1.70 bits per heavy atom. The summed E-state index contributed by atoms with van der Waals surface area (Å²) in [5.41, 5.74) is -2.96. The van der Waals surface area contributed by atoms with Gasteiger partial charge in [0, 0.05) is 50.0 Å². The van der Waals surface area contributed by atoms with E-state index in [2.05, 4.69) is 20.9 Å². The molecule has 6 rings (SSSR count). The van der Waals surface area contributed by atoms with E-state index in [-0.39, 0.29) is 73.3 Å². The van der Waals surface area contributed by atoms with Gasteiger partial charge in [0.15, 0.2) is 10.8 Å². The van der Waals surface area contributed by atoms with Gasteiger partial charge in [-0.15, -0.1) is 0 Å². The van der Waals surface area contributed by atoms with Crippen LogP contribution in [0.25, 0.3) is 0 Å². The normalized spacial score (nSPS) is 24.0. The Bertz CT molecular complexity index is 2150. The van der Waals surface area contributed by atoms with E-state index in [0.717, 1.165) is 16.0 Å². The smallest absolute Gasteiger partial charge is 0.377 e. The molecule has 0 spiro atoms. The molecule has 0 bridgehead atoms. The van der Waals surface area contributed by atoms with Gasteiger partial charge in [-0.05, 0) is 82.4 Å². The summed E-state index contributed by atoms with van der Waals surface area (Å²) in [6.07, 6.45) is -6.34. The number of aromatic nitrogens is 1. The summed E-state index contributed by atoms with van der Waals surface area (Å²) in [4.78, 5) is 59.4. The van der Waals surface area contributed by atoms with Crippen LogP contribution in [0.5, 0.6) is 0 Å². The molecule has 2 aromatic rings. The summed E-state index contributed by atoms with van der Waals surface area (Å²) >= 11 is 5.64. The molecule has 326 valence electrons. The monoisotopic (exact) mass is 876 g/mol. The van der Waals surface area contributed by atoms with Crippen molar-refractivity contribution in [1.82, 2.24) is 25.0 Å². The Morgan fingerprint density at radius 3 is 2.34 bits per heavy atom. The zero-order valence-electron chi connectivity index (χ0n) is 33.0. The van der Waals surface area contributed by atoms with Crippen molar-refractivity contribution in [3.8, 4) is 12.1 Å². The molecule has 15 nitrogen and oxygen atoms in total. The fraction of sp³-hybridized carbons (Fsp3) is 0.538. The number of hydrogen-bond donors (Lipinski definition) is 3. The number of nitriles is 2. The molecule has 1 unspecified atom stereocenters. The average molecular weight is 877 g/mol. The molecule has 4 amide bonds. The number of carbonyl (C=O) groups is 4. The molecule has 1 aromatic carbocycles. The van der Waals surface area contributed by atoms with Gasteiger partial charge in [-0.1, -0.05) is 0 Å². The highest BCUT2D eigenvalue weighted by Crippen LogP contribution is 2.40. The van der Waals surface area contributed by atoms with Crippen molar-refractivity contribution in [3.05, 3.63) is 47.3 Å². The van der Waals surface area contributed by atoms with Crippen LogP contribution in [0, 0.1) is 22.7 Å². The van der Waals surface area contributed by atoms with E-state index in [1.807, 2.05) is 6.07 Å². The number of thiocarbonyl (C=S) groups is 1. The standard InChI is InChI=1S/C39H42F6N10O5S/c1-37(2)35(59)54(26-16-28(38(40,41)42)30(18-47)48-19-26)36(61)55(37)25-3-5-27(6-4-25)60-12-11-52-9-10-53(31(20-52)39(43,44)45)21-33(57)50-24-14-22(17-46)13-23(15-24)49-29-7-8-32(56)51-34(29)58/h13-16,19,25,27,29,31,49H,3-12,20-21H2,1-2H3,(H,50,57)(H,51,56,58)/t25-,27-,29?,31-/m1/s1. The van der Waals surface area contributed by atoms with Crippen molar-refractivity contribution in [2.75, 3.05) is 54.9 Å². The lowest BCUT2D eigenvalue weighted by Crippen LogP contribution is -2.60. The summed E-state index contributed by atoms with van der Waals surface area (Å²) in [5.74, 6) is -2.24. The van der Waals surface area contributed by atoms with Crippen LogP contribution < -0.4 is 20.9 Å². The molecule has 3 N–H and O–H groups in total. The van der Waals surface area contributed by atoms with E-state index in [9.17, 15) is 50.8 Å². The number of anilines is 3. The highest BCUT2D eigenvalue weighted by Gasteiger charge is 2.53. The van der Waals surface area contributed by atoms with Crippen LogP contribution >= 0.6 is 12.2 Å². The third kappa shape index (κ3) is 10.2. The van der Waals surface area contributed by atoms with Crippen LogP contribution in [-0.2, 0) is 30.1 Å². The zero-order chi connectivity index (χ0) is 44.4. The number of piperazine rings is 1. The second-order valence-electron chi connectivity index (χ2n) is 15.8. The van der Waals surface area contributed by atoms with Gasteiger partial charge in [0.2, 0.25) is 17.7 Å². The van der Waals surface area contributed by atoms with Gasteiger partial charge in [-0.25, -0.2) is 4.98 Å². The number of imide groups is 1. The molecule has 1 aliphatic carbocycles. The predicted molar refractivity (Wildman–Crippen MR) is 209 cm³/mol. The minimum absolute atomic E-state index is 0.0107. The van der Waals surface area contributed by atoms with E-state index in [1.165, 1.54) is 24.3 Å². The van der Waals surface area contributed by atoms with Gasteiger partial charge in [0.1, 0.15) is 23.7 Å². The SMILES string of the molecule is CC1(C)C(=O)N(c2cnc(C#N)c(C(F)(F)F)c2)C(=S)N1[C@H]1CC[C@H](OCCN2CCN(CC(=O)Nc3cc(C#N)cc(NC4CCC(=O)NC4=O)c3)[C@@H](C(F)(F)F)C2)CC1. The first-order valence-corrected chi connectivity index (χ1v) is 19.9. The molecule has 22 heteroatoms. The lowest BCUT2D eigenvalue weighted by molar-refractivity contribution is -0.197. The maximum Gasteiger partial charge on any atom is 0.419 e. The second-order valence-corrected chi connectivity index (χ2v) is 16.2. The van der Waals surface area contributed by atoms with E-state index in [0.29, 0.717) is 37.4 Å². The number of rotatable bonds is 11. The lowest BCUT2D eigenvalue weighted by Gasteiger charge is -2.42. The van der Waals surface area contributed by atoms with Gasteiger partial charge in [-0.3, -0.25) is 39.2 Å². The van der Waals surface area contributed by atoms with Crippen molar-refractivity contribution >= 4 is 58.0 Å². The number of ether oxygens (including phenoxy) is 1. The molecule has 1 saturated carbocycles. The number of piperidine rings is 1. The minimum Gasteiger partial charge on any atom is -0.377 e. The van der Waals surface area contributed by atoms with Crippen molar-refractivity contribution in [2.45, 2.75) is 94.5 Å². The Hall–Kier alpha value is -5.42. The fourth-order valence-electron chi connectivity index (χ4n) is 8.20. The maximum atomic E-state index is 14.3. The van der Waals surface area contributed by atoms with Crippen molar-refractivity contribution in [3.63, 3.8) is 0 Å². The molecule has 4 aliphatic rings. The second kappa shape index (κ2) is 17.9. The first-order chi connectivity index (χ1) is 28.7. The highest BCUT2D eigenvalue weighted by atomic mass is 32.1. The van der Waals surface area contributed by atoms with Crippen LogP contribution in [0.1, 0.15) is 69.2 Å². The molecule has 0 radical (unpaired) electrons. The van der Waals surface area contributed by atoms with Crippen molar-refractivity contribution in [2.24, 2.45) is 0 Å². The van der Waals surface area contributed by atoms with E-state index in [1.54, 1.807) is 23.6 Å². The molecule has 2 atom stereocenters. The van der Waals surface area contributed by atoms with Crippen LogP contribution in [0.15, 0.2) is 30.5 Å². The molecule has 4 fully saturated rings. The third-order valence-electron chi connectivity index (χ3n) is 11.3. The number of halogens is 6. The number of carbonyl (C=O) groups excluding carboxylic acids is 4. The van der Waals surface area contributed by atoms with E-state index < -0.39 is 78.0 Å². The van der Waals surface area contributed by atoms with Gasteiger partial charge in [-0.2, -0.15) is 36.9 Å². The molecule has 3 saturated heterocycles. The molecular formula is C39H42F6N10O5S. The first kappa shape index (κ1) is 45.1. The van der Waals surface area contributed by atoms with Crippen LogP contribution in [-0.4, -0.2) is 124 Å². The predicted octanol–water partition coefficient (Wildman–Crippen LogP) is 4.29. The first-order valence-electron chi connectivity index (χ1n) is 19.4. The van der Waals surface area contributed by atoms with E-state index >= 15 is 0 Å². The maximum absolute atomic E-state index is 14.3. The molecule has 3 aliphatic heterocycles. The summed E-state index contributed by atoms with van der Waals surface area (Å²) in [5, 5.41) is 26.4. The van der Waals surface area contributed by atoms with Gasteiger partial charge in [0.25, 0.3) is 5.91 Å². The molecule has 4 heterocycles. The largest absolute Gasteiger partial charge is 0.419 e. The summed E-state index contributed by atoms with van der Waals surface area (Å²) in [6.45, 7) is 2.77. The van der Waals surface area contributed by atoms with Gasteiger partial charge < -0.3 is 20.3 Å². The third-order valence-corrected chi connectivity index (χ3v) is 11.6. The minimum atomic E-state index is -4.89. The number of nitrogens with one attached hydrogen (secondary N) is 3. The number of amides is 4. The quantitative estimate of drug-likeness (QED) is 0.165. The van der Waals surface area contributed by atoms with Crippen molar-refractivity contribution in [1.29, 1.82) is 10.5 Å². The lowest BCUT2D eigenvalue weighted by atomic mass is 9.89. The molecular weight excluding hydrogens is 835 g/mol. The number of nitrogens with zero attached hydrogens (tertiary/aromatic N) is 7. The number of benzene rings is 1. The Balaban J connectivity index is 0.988. The summed E-state index contributed by atoms with van der Waals surface area (Å²) in [7, 11) is 0. The number of alkyl halides is 6. The average Bonchev–Trinajstić information content (AvgIpc) is 3.37. The highest BCUT2D eigenvalue weighted by molar-refractivity contribution is 7.80. The summed E-state index contributed by atoms with van der Waals surface area (Å²) in [6, 6.07) is 5.32. The molecule has 1 aromatic heterocycles. The fourth-order valence-corrected chi connectivity index (χ4v) is 8.76. The molecule has 61 heavy (non-hydrogen) atoms. The Labute approximate surface area is 351 Å². The van der Waals surface area contributed by atoms with E-state index in [4.69, 9.17) is 22.2 Å². The Kier molecular flexibility index (Phi) is 13.2. The van der Waals surface area contributed by atoms with Crippen LogP contribution in [0.2, 0.25) is 0 Å². The van der Waals surface area contributed by atoms with Crippen LogP contribution in [0.4, 0.5) is 43.4 Å². The van der Waals surface area contributed by atoms with Gasteiger partial charge >= 0.3 is 12.4 Å². The Morgan fingerprint density at radius 1 is 1.00 bits per heavy atom.